The Morgan fingerprint density at radius 3 is 2.61 bits per heavy atom. The standard InChI is InChI=1S/C14H16ClN3O4S/c1-3-10-14(8-18(2)16-10)23(19,20)17-11-7-13-12(6-9(11)15)21-4-5-22-13/h6-8,17H,3-5H2,1-2H3. The Balaban J connectivity index is 1.97. The molecule has 2 heterocycles. The minimum Gasteiger partial charge on any atom is -0.486 e. The van der Waals surface area contributed by atoms with Gasteiger partial charge in [0.2, 0.25) is 0 Å². The van der Waals surface area contributed by atoms with E-state index in [4.69, 9.17) is 21.1 Å². The average molecular weight is 358 g/mol. The molecular weight excluding hydrogens is 342 g/mol. The first-order valence-corrected chi connectivity index (χ1v) is 8.91. The zero-order valence-corrected chi connectivity index (χ0v) is 14.2. The molecule has 0 saturated heterocycles. The van der Waals surface area contributed by atoms with E-state index in [0.29, 0.717) is 36.8 Å². The second-order valence-corrected chi connectivity index (χ2v) is 7.11. The number of sulfonamides is 1. The number of aryl methyl sites for hydroxylation is 2. The summed E-state index contributed by atoms with van der Waals surface area (Å²) in [4.78, 5) is 0.133. The molecule has 1 aliphatic heterocycles. The van der Waals surface area contributed by atoms with E-state index in [1.54, 1.807) is 7.05 Å². The summed E-state index contributed by atoms with van der Waals surface area (Å²) in [5.74, 6) is 0.958. The van der Waals surface area contributed by atoms with Crippen molar-refractivity contribution >= 4 is 27.3 Å². The third-order valence-electron chi connectivity index (χ3n) is 3.37. The summed E-state index contributed by atoms with van der Waals surface area (Å²) in [5, 5.41) is 4.39. The molecule has 3 rings (SSSR count). The first-order chi connectivity index (χ1) is 10.9. The van der Waals surface area contributed by atoms with Crippen LogP contribution < -0.4 is 14.2 Å². The zero-order valence-electron chi connectivity index (χ0n) is 12.7. The van der Waals surface area contributed by atoms with E-state index < -0.39 is 10.0 Å². The quantitative estimate of drug-likeness (QED) is 0.907. The molecule has 0 spiro atoms. The van der Waals surface area contributed by atoms with Gasteiger partial charge in [-0.05, 0) is 6.42 Å². The van der Waals surface area contributed by atoms with Crippen LogP contribution in [0.25, 0.3) is 0 Å². The molecule has 0 saturated carbocycles. The Hall–Kier alpha value is -1.93. The third kappa shape index (κ3) is 3.09. The Kier molecular flexibility index (Phi) is 4.11. The van der Waals surface area contributed by atoms with E-state index in [1.807, 2.05) is 6.92 Å². The van der Waals surface area contributed by atoms with Crippen LogP contribution >= 0.6 is 11.6 Å². The normalized spacial score (nSPS) is 13.9. The number of anilines is 1. The van der Waals surface area contributed by atoms with Gasteiger partial charge in [-0.1, -0.05) is 18.5 Å². The maximum absolute atomic E-state index is 12.6. The largest absolute Gasteiger partial charge is 0.486 e. The van der Waals surface area contributed by atoms with Crippen molar-refractivity contribution in [1.82, 2.24) is 9.78 Å². The van der Waals surface area contributed by atoms with Crippen molar-refractivity contribution in [2.24, 2.45) is 7.05 Å². The number of nitrogens with zero attached hydrogens (tertiary/aromatic N) is 2. The smallest absolute Gasteiger partial charge is 0.265 e. The number of nitrogens with one attached hydrogen (secondary N) is 1. The van der Waals surface area contributed by atoms with Crippen LogP contribution in [0.2, 0.25) is 5.02 Å². The van der Waals surface area contributed by atoms with E-state index in [0.717, 1.165) is 0 Å². The Morgan fingerprint density at radius 1 is 1.30 bits per heavy atom. The number of rotatable bonds is 4. The van der Waals surface area contributed by atoms with Gasteiger partial charge in [0.15, 0.2) is 11.5 Å². The highest BCUT2D eigenvalue weighted by Crippen LogP contribution is 2.38. The van der Waals surface area contributed by atoms with Gasteiger partial charge in [-0.25, -0.2) is 8.42 Å². The van der Waals surface area contributed by atoms with E-state index >= 15 is 0 Å². The number of benzene rings is 1. The average Bonchev–Trinajstić information content (AvgIpc) is 2.90. The molecule has 0 radical (unpaired) electrons. The second kappa shape index (κ2) is 5.93. The molecule has 1 aromatic heterocycles. The van der Waals surface area contributed by atoms with Crippen molar-refractivity contribution in [3.8, 4) is 11.5 Å². The second-order valence-electron chi connectivity index (χ2n) is 5.05. The SMILES string of the molecule is CCc1nn(C)cc1S(=O)(=O)Nc1cc2c(cc1Cl)OCCO2. The minimum absolute atomic E-state index is 0.133. The van der Waals surface area contributed by atoms with Crippen LogP contribution in [-0.4, -0.2) is 31.4 Å². The molecule has 2 aromatic rings. The lowest BCUT2D eigenvalue weighted by Crippen LogP contribution is -2.17. The molecule has 0 atom stereocenters. The number of ether oxygens (including phenoxy) is 2. The Morgan fingerprint density at radius 2 is 1.96 bits per heavy atom. The molecule has 0 fully saturated rings. The summed E-state index contributed by atoms with van der Waals surface area (Å²) in [6.07, 6.45) is 1.97. The molecule has 0 unspecified atom stereocenters. The lowest BCUT2D eigenvalue weighted by molar-refractivity contribution is 0.171. The first kappa shape index (κ1) is 15.9. The van der Waals surface area contributed by atoms with E-state index in [9.17, 15) is 8.42 Å². The number of aromatic nitrogens is 2. The van der Waals surface area contributed by atoms with Gasteiger partial charge >= 0.3 is 0 Å². The minimum atomic E-state index is -3.80. The summed E-state index contributed by atoms with van der Waals surface area (Å²) in [5.41, 5.74) is 0.732. The molecular formula is C14H16ClN3O4S. The van der Waals surface area contributed by atoms with Crippen LogP contribution in [0.5, 0.6) is 11.5 Å². The number of hydrogen-bond acceptors (Lipinski definition) is 5. The Labute approximate surface area is 139 Å². The fraction of sp³-hybridized carbons (Fsp3) is 0.357. The first-order valence-electron chi connectivity index (χ1n) is 7.05. The predicted molar refractivity (Wildman–Crippen MR) is 85.8 cm³/mol. The maximum atomic E-state index is 12.6. The highest BCUT2D eigenvalue weighted by Gasteiger charge is 2.24. The fourth-order valence-electron chi connectivity index (χ4n) is 2.32. The zero-order chi connectivity index (χ0) is 16.6. The van der Waals surface area contributed by atoms with Gasteiger partial charge in [0.25, 0.3) is 10.0 Å². The highest BCUT2D eigenvalue weighted by atomic mass is 35.5. The summed E-state index contributed by atoms with van der Waals surface area (Å²) >= 11 is 6.15. The van der Waals surface area contributed by atoms with Crippen molar-refractivity contribution in [1.29, 1.82) is 0 Å². The van der Waals surface area contributed by atoms with Gasteiger partial charge in [-0.15, -0.1) is 0 Å². The molecule has 9 heteroatoms. The summed E-state index contributed by atoms with van der Waals surface area (Å²) in [6.45, 7) is 2.69. The highest BCUT2D eigenvalue weighted by molar-refractivity contribution is 7.92. The molecule has 1 N–H and O–H groups in total. The van der Waals surface area contributed by atoms with Gasteiger partial charge in [0.05, 0.1) is 16.4 Å². The lowest BCUT2D eigenvalue weighted by Gasteiger charge is -2.20. The molecule has 124 valence electrons. The van der Waals surface area contributed by atoms with Crippen LogP contribution in [0.4, 0.5) is 5.69 Å². The molecule has 1 aromatic carbocycles. The van der Waals surface area contributed by atoms with Gasteiger partial charge in [0, 0.05) is 25.4 Å². The predicted octanol–water partition coefficient (Wildman–Crippen LogP) is 2.21. The van der Waals surface area contributed by atoms with Crippen LogP contribution in [0.3, 0.4) is 0 Å². The molecule has 23 heavy (non-hydrogen) atoms. The van der Waals surface area contributed by atoms with E-state index in [2.05, 4.69) is 9.82 Å². The van der Waals surface area contributed by atoms with Crippen LogP contribution in [0.1, 0.15) is 12.6 Å². The molecule has 0 aliphatic carbocycles. The maximum Gasteiger partial charge on any atom is 0.265 e. The summed E-state index contributed by atoms with van der Waals surface area (Å²) in [6, 6.07) is 3.06. The summed E-state index contributed by atoms with van der Waals surface area (Å²) < 4.78 is 40.1. The van der Waals surface area contributed by atoms with Crippen molar-refractivity contribution in [3.63, 3.8) is 0 Å². The topological polar surface area (TPSA) is 82.5 Å². The van der Waals surface area contributed by atoms with E-state index in [-0.39, 0.29) is 15.6 Å². The fourth-order valence-corrected chi connectivity index (χ4v) is 3.94. The van der Waals surface area contributed by atoms with E-state index in [1.165, 1.54) is 23.0 Å². The summed E-state index contributed by atoms with van der Waals surface area (Å²) in [7, 11) is -2.12. The van der Waals surface area contributed by atoms with Crippen LogP contribution in [0.15, 0.2) is 23.2 Å². The van der Waals surface area contributed by atoms with Gasteiger partial charge in [-0.3, -0.25) is 9.40 Å². The number of halogens is 1. The van der Waals surface area contributed by atoms with Crippen molar-refractivity contribution in [2.75, 3.05) is 17.9 Å². The molecule has 1 aliphatic rings. The van der Waals surface area contributed by atoms with Crippen LogP contribution in [-0.2, 0) is 23.5 Å². The van der Waals surface area contributed by atoms with Crippen molar-refractivity contribution in [3.05, 3.63) is 29.0 Å². The monoisotopic (exact) mass is 357 g/mol. The van der Waals surface area contributed by atoms with Crippen molar-refractivity contribution in [2.45, 2.75) is 18.2 Å². The number of hydrogen-bond donors (Lipinski definition) is 1. The van der Waals surface area contributed by atoms with Crippen molar-refractivity contribution < 1.29 is 17.9 Å². The Bertz CT molecular complexity index is 848. The molecule has 7 nitrogen and oxygen atoms in total. The number of fused-ring (bicyclic) bond motifs is 1. The van der Waals surface area contributed by atoms with Crippen LogP contribution in [0, 0.1) is 0 Å². The lowest BCUT2D eigenvalue weighted by atomic mass is 10.2. The van der Waals surface area contributed by atoms with Gasteiger partial charge < -0.3 is 9.47 Å². The third-order valence-corrected chi connectivity index (χ3v) is 5.09. The molecule has 0 amide bonds. The van der Waals surface area contributed by atoms with Gasteiger partial charge in [0.1, 0.15) is 18.1 Å². The molecule has 0 bridgehead atoms. The van der Waals surface area contributed by atoms with Gasteiger partial charge in [-0.2, -0.15) is 5.10 Å².